The standard InChI is InChI=1S/C16H18O3S2/c1-19-14-7-9-15(10-8-14)21(17,18)12-11-16(20)13-5-3-2-4-6-13/h2-10,16,20H,11-12H2,1H3. The van der Waals surface area contributed by atoms with Gasteiger partial charge in [-0.2, -0.15) is 12.6 Å². The molecule has 0 aliphatic rings. The third-order valence-corrected chi connectivity index (χ3v) is 5.58. The Morgan fingerprint density at radius 3 is 2.24 bits per heavy atom. The molecule has 0 aliphatic heterocycles. The van der Waals surface area contributed by atoms with Gasteiger partial charge >= 0.3 is 0 Å². The first-order chi connectivity index (χ1) is 10.0. The van der Waals surface area contributed by atoms with Gasteiger partial charge in [-0.15, -0.1) is 0 Å². The highest BCUT2D eigenvalue weighted by atomic mass is 32.2. The zero-order valence-corrected chi connectivity index (χ0v) is 13.5. The Bertz CT molecular complexity index is 664. The van der Waals surface area contributed by atoms with E-state index in [1.54, 1.807) is 31.4 Å². The maximum atomic E-state index is 12.3. The minimum absolute atomic E-state index is 0.0718. The number of thiol groups is 1. The molecule has 2 rings (SSSR count). The molecule has 0 bridgehead atoms. The normalized spacial score (nSPS) is 12.9. The van der Waals surface area contributed by atoms with E-state index < -0.39 is 9.84 Å². The van der Waals surface area contributed by atoms with Gasteiger partial charge in [-0.1, -0.05) is 30.3 Å². The molecule has 1 atom stereocenters. The van der Waals surface area contributed by atoms with Crippen molar-refractivity contribution in [2.75, 3.05) is 12.9 Å². The van der Waals surface area contributed by atoms with Crippen LogP contribution in [0.2, 0.25) is 0 Å². The van der Waals surface area contributed by atoms with Gasteiger partial charge < -0.3 is 4.74 Å². The van der Waals surface area contributed by atoms with E-state index in [1.165, 1.54) is 0 Å². The second-order valence-electron chi connectivity index (χ2n) is 4.71. The maximum Gasteiger partial charge on any atom is 0.178 e. The molecule has 0 saturated carbocycles. The predicted octanol–water partition coefficient (Wildman–Crippen LogP) is 3.53. The van der Waals surface area contributed by atoms with Crippen LogP contribution < -0.4 is 4.74 Å². The highest BCUT2D eigenvalue weighted by molar-refractivity contribution is 7.91. The lowest BCUT2D eigenvalue weighted by Crippen LogP contribution is -2.09. The van der Waals surface area contributed by atoms with E-state index >= 15 is 0 Å². The third kappa shape index (κ3) is 4.25. The van der Waals surface area contributed by atoms with Crippen LogP contribution in [0.4, 0.5) is 0 Å². The lowest BCUT2D eigenvalue weighted by Gasteiger charge is -2.11. The molecule has 0 N–H and O–H groups in total. The van der Waals surface area contributed by atoms with Crippen molar-refractivity contribution in [3.05, 3.63) is 60.2 Å². The Kier molecular flexibility index (Phi) is 5.31. The van der Waals surface area contributed by atoms with E-state index in [-0.39, 0.29) is 11.0 Å². The zero-order valence-electron chi connectivity index (χ0n) is 11.8. The fourth-order valence-corrected chi connectivity index (χ4v) is 3.82. The molecule has 2 aromatic rings. The summed E-state index contributed by atoms with van der Waals surface area (Å²) in [4.78, 5) is 0.317. The van der Waals surface area contributed by atoms with Crippen LogP contribution in [0.25, 0.3) is 0 Å². The van der Waals surface area contributed by atoms with Crippen LogP contribution in [-0.2, 0) is 9.84 Å². The number of benzene rings is 2. The molecule has 0 heterocycles. The topological polar surface area (TPSA) is 43.4 Å². The molecule has 5 heteroatoms. The van der Waals surface area contributed by atoms with Crippen LogP contribution in [0, 0.1) is 0 Å². The Balaban J connectivity index is 2.04. The summed E-state index contributed by atoms with van der Waals surface area (Å²) in [5.74, 6) is 0.716. The van der Waals surface area contributed by atoms with Crippen molar-refractivity contribution < 1.29 is 13.2 Å². The molecule has 0 saturated heterocycles. The molecular weight excluding hydrogens is 304 g/mol. The number of sulfone groups is 1. The fraction of sp³-hybridized carbons (Fsp3) is 0.250. The van der Waals surface area contributed by atoms with E-state index in [2.05, 4.69) is 12.6 Å². The van der Waals surface area contributed by atoms with Gasteiger partial charge in [0, 0.05) is 5.25 Å². The summed E-state index contributed by atoms with van der Waals surface area (Å²) in [6.45, 7) is 0. The monoisotopic (exact) mass is 322 g/mol. The molecule has 2 aromatic carbocycles. The second-order valence-corrected chi connectivity index (χ2v) is 7.44. The third-order valence-electron chi connectivity index (χ3n) is 3.26. The zero-order chi connectivity index (χ0) is 15.3. The smallest absolute Gasteiger partial charge is 0.178 e. The minimum Gasteiger partial charge on any atom is -0.497 e. The molecule has 0 radical (unpaired) electrons. The van der Waals surface area contributed by atoms with E-state index in [1.807, 2.05) is 30.3 Å². The largest absolute Gasteiger partial charge is 0.497 e. The number of hydrogen-bond acceptors (Lipinski definition) is 4. The lowest BCUT2D eigenvalue weighted by molar-refractivity contribution is 0.414. The van der Waals surface area contributed by atoms with Gasteiger partial charge in [0.05, 0.1) is 17.8 Å². The molecule has 3 nitrogen and oxygen atoms in total. The van der Waals surface area contributed by atoms with E-state index in [4.69, 9.17) is 4.74 Å². The summed E-state index contributed by atoms with van der Waals surface area (Å²) in [6, 6.07) is 16.2. The molecule has 21 heavy (non-hydrogen) atoms. The SMILES string of the molecule is COc1ccc(S(=O)(=O)CCC(S)c2ccccc2)cc1. The van der Waals surface area contributed by atoms with Crippen molar-refractivity contribution in [3.8, 4) is 5.75 Å². The minimum atomic E-state index is -3.29. The number of rotatable bonds is 6. The number of hydrogen-bond donors (Lipinski definition) is 1. The summed E-state index contributed by atoms with van der Waals surface area (Å²) < 4.78 is 29.6. The van der Waals surface area contributed by atoms with Crippen LogP contribution in [0.15, 0.2) is 59.5 Å². The summed E-state index contributed by atoms with van der Waals surface area (Å²) in [7, 11) is -1.74. The Morgan fingerprint density at radius 1 is 1.05 bits per heavy atom. The van der Waals surface area contributed by atoms with Gasteiger partial charge in [0.1, 0.15) is 5.75 Å². The highest BCUT2D eigenvalue weighted by Crippen LogP contribution is 2.25. The molecule has 0 amide bonds. The predicted molar refractivity (Wildman–Crippen MR) is 87.8 cm³/mol. The summed E-state index contributed by atoms with van der Waals surface area (Å²) in [5, 5.41) is -0.0841. The van der Waals surface area contributed by atoms with Crippen LogP contribution in [0.1, 0.15) is 17.2 Å². The van der Waals surface area contributed by atoms with Crippen molar-refractivity contribution in [1.82, 2.24) is 0 Å². The Hall–Kier alpha value is -1.46. The fourth-order valence-electron chi connectivity index (χ4n) is 2.01. The van der Waals surface area contributed by atoms with E-state index in [9.17, 15) is 8.42 Å². The number of ether oxygens (including phenoxy) is 1. The van der Waals surface area contributed by atoms with Gasteiger partial charge in [-0.25, -0.2) is 8.42 Å². The van der Waals surface area contributed by atoms with Crippen molar-refractivity contribution in [2.45, 2.75) is 16.6 Å². The lowest BCUT2D eigenvalue weighted by atomic mass is 10.1. The molecular formula is C16H18O3S2. The maximum absolute atomic E-state index is 12.3. The van der Waals surface area contributed by atoms with Gasteiger partial charge in [0.25, 0.3) is 0 Å². The average molecular weight is 322 g/mol. The second kappa shape index (κ2) is 7.00. The first-order valence-corrected chi connectivity index (χ1v) is 8.79. The average Bonchev–Trinajstić information content (AvgIpc) is 2.53. The first kappa shape index (κ1) is 15.9. The van der Waals surface area contributed by atoms with Crippen molar-refractivity contribution in [1.29, 1.82) is 0 Å². The molecule has 0 aliphatic carbocycles. The van der Waals surface area contributed by atoms with Crippen LogP contribution >= 0.6 is 12.6 Å². The number of methoxy groups -OCH3 is 1. The summed E-state index contributed by atoms with van der Waals surface area (Å²) in [5.41, 5.74) is 1.03. The van der Waals surface area contributed by atoms with Gasteiger partial charge in [-0.05, 0) is 36.2 Å². The van der Waals surface area contributed by atoms with Crippen LogP contribution in [0.3, 0.4) is 0 Å². The molecule has 0 spiro atoms. The van der Waals surface area contributed by atoms with E-state index in [0.717, 1.165) is 5.56 Å². The van der Waals surface area contributed by atoms with Gasteiger partial charge in [-0.3, -0.25) is 0 Å². The van der Waals surface area contributed by atoms with Crippen molar-refractivity contribution >= 4 is 22.5 Å². The molecule has 1 unspecified atom stereocenters. The summed E-state index contributed by atoms with van der Waals surface area (Å²) >= 11 is 4.49. The van der Waals surface area contributed by atoms with Crippen LogP contribution in [0.5, 0.6) is 5.75 Å². The molecule has 0 aromatic heterocycles. The van der Waals surface area contributed by atoms with Gasteiger partial charge in [0.15, 0.2) is 9.84 Å². The van der Waals surface area contributed by atoms with Gasteiger partial charge in [0.2, 0.25) is 0 Å². The quantitative estimate of drug-likeness (QED) is 0.827. The van der Waals surface area contributed by atoms with Crippen molar-refractivity contribution in [2.24, 2.45) is 0 Å². The van der Waals surface area contributed by atoms with E-state index in [0.29, 0.717) is 17.1 Å². The Labute approximate surface area is 131 Å². The van der Waals surface area contributed by atoms with Crippen LogP contribution in [-0.4, -0.2) is 21.3 Å². The first-order valence-electron chi connectivity index (χ1n) is 6.63. The molecule has 112 valence electrons. The Morgan fingerprint density at radius 2 is 1.67 bits per heavy atom. The van der Waals surface area contributed by atoms with Crippen molar-refractivity contribution in [3.63, 3.8) is 0 Å². The molecule has 0 fully saturated rings. The summed E-state index contributed by atoms with van der Waals surface area (Å²) in [6.07, 6.45) is 0.474. The highest BCUT2D eigenvalue weighted by Gasteiger charge is 2.17.